The van der Waals surface area contributed by atoms with E-state index in [0.717, 1.165) is 29.9 Å². The van der Waals surface area contributed by atoms with Gasteiger partial charge >= 0.3 is 5.97 Å². The molecule has 118 valence electrons. The van der Waals surface area contributed by atoms with Crippen molar-refractivity contribution in [3.63, 3.8) is 0 Å². The molecule has 0 saturated heterocycles. The summed E-state index contributed by atoms with van der Waals surface area (Å²) in [6, 6.07) is -0.319. The highest BCUT2D eigenvalue weighted by Crippen LogP contribution is 2.18. The number of carbonyl (C=O) groups excluding carboxylic acids is 1. The normalized spacial score (nSPS) is 12.2. The van der Waals surface area contributed by atoms with Crippen molar-refractivity contribution in [2.24, 2.45) is 0 Å². The minimum Gasteiger partial charge on any atom is -0.465 e. The summed E-state index contributed by atoms with van der Waals surface area (Å²) in [5, 5.41) is 3.93. The Balaban J connectivity index is 2.69. The molecule has 0 bridgehead atoms. The number of nitrogens with one attached hydrogen (secondary N) is 1. The van der Waals surface area contributed by atoms with E-state index < -0.39 is 0 Å². The summed E-state index contributed by atoms with van der Waals surface area (Å²) in [6.07, 6.45) is 0.972. The number of hydrogen-bond donors (Lipinski definition) is 1. The molecule has 1 aromatic rings. The van der Waals surface area contributed by atoms with Crippen LogP contribution in [0.5, 0.6) is 0 Å². The van der Waals surface area contributed by atoms with Gasteiger partial charge in [-0.15, -0.1) is 0 Å². The Morgan fingerprint density at radius 3 is 2.38 bits per heavy atom. The number of aryl methyl sites for hydroxylation is 2. The molecule has 0 saturated carbocycles. The predicted octanol–water partition coefficient (Wildman–Crippen LogP) is 2.43. The van der Waals surface area contributed by atoms with Crippen molar-refractivity contribution in [1.29, 1.82) is 0 Å². The van der Waals surface area contributed by atoms with Gasteiger partial charge in [0.25, 0.3) is 0 Å². The smallest absolute Gasteiger partial charge is 0.323 e. The van der Waals surface area contributed by atoms with Crippen molar-refractivity contribution in [2.75, 3.05) is 18.9 Å². The molecule has 1 unspecified atom stereocenters. The van der Waals surface area contributed by atoms with Gasteiger partial charge < -0.3 is 10.1 Å². The lowest BCUT2D eigenvalue weighted by Gasteiger charge is -2.16. The number of thioether (sulfide) groups is 1. The summed E-state index contributed by atoms with van der Waals surface area (Å²) in [6.45, 7) is 11.0. The van der Waals surface area contributed by atoms with Gasteiger partial charge in [-0.1, -0.05) is 18.7 Å². The zero-order valence-corrected chi connectivity index (χ0v) is 14.3. The molecule has 1 rings (SSSR count). The molecule has 0 amide bonds. The maximum Gasteiger partial charge on any atom is 0.323 e. The fraction of sp³-hybridized carbons (Fsp3) is 0.667. The van der Waals surface area contributed by atoms with E-state index in [2.05, 4.69) is 22.2 Å². The highest BCUT2D eigenvalue weighted by Gasteiger charge is 2.20. The molecule has 21 heavy (non-hydrogen) atoms. The maximum absolute atomic E-state index is 11.9. The summed E-state index contributed by atoms with van der Waals surface area (Å²) >= 11 is 1.48. The van der Waals surface area contributed by atoms with Crippen molar-refractivity contribution in [3.05, 3.63) is 17.0 Å². The molecule has 1 atom stereocenters. The van der Waals surface area contributed by atoms with Gasteiger partial charge in [-0.05, 0) is 46.2 Å². The van der Waals surface area contributed by atoms with Crippen LogP contribution in [0.1, 0.15) is 37.2 Å². The fourth-order valence-corrected chi connectivity index (χ4v) is 2.71. The monoisotopic (exact) mass is 311 g/mol. The average molecular weight is 311 g/mol. The zero-order valence-electron chi connectivity index (χ0n) is 13.5. The van der Waals surface area contributed by atoms with Crippen molar-refractivity contribution >= 4 is 17.7 Å². The lowest BCUT2D eigenvalue weighted by atomic mass is 10.2. The van der Waals surface area contributed by atoms with E-state index in [9.17, 15) is 4.79 Å². The number of hydrogen-bond acceptors (Lipinski definition) is 6. The van der Waals surface area contributed by atoms with E-state index in [1.165, 1.54) is 11.8 Å². The Morgan fingerprint density at radius 1 is 1.24 bits per heavy atom. The minimum atomic E-state index is -0.319. The van der Waals surface area contributed by atoms with Gasteiger partial charge in [-0.25, -0.2) is 9.97 Å². The van der Waals surface area contributed by atoms with Crippen molar-refractivity contribution in [1.82, 2.24) is 15.3 Å². The molecule has 5 nitrogen and oxygen atoms in total. The molecule has 0 aliphatic rings. The highest BCUT2D eigenvalue weighted by atomic mass is 32.2. The zero-order chi connectivity index (χ0) is 15.8. The van der Waals surface area contributed by atoms with Crippen LogP contribution in [0, 0.1) is 20.8 Å². The minimum absolute atomic E-state index is 0.209. The second-order valence-corrected chi connectivity index (χ2v) is 5.86. The number of aromatic nitrogens is 2. The molecular formula is C15H25N3O2S. The first kappa shape index (κ1) is 17.9. The van der Waals surface area contributed by atoms with Crippen LogP contribution in [0.3, 0.4) is 0 Å². The Hall–Kier alpha value is -1.14. The summed E-state index contributed by atoms with van der Waals surface area (Å²) in [7, 11) is 0. The van der Waals surface area contributed by atoms with Crippen LogP contribution in [0.2, 0.25) is 0 Å². The number of rotatable bonds is 8. The molecule has 1 N–H and O–H groups in total. The Bertz CT molecular complexity index is 457. The molecule has 0 fully saturated rings. The lowest BCUT2D eigenvalue weighted by molar-refractivity contribution is -0.144. The van der Waals surface area contributed by atoms with Crippen molar-refractivity contribution in [2.45, 2.75) is 52.2 Å². The highest BCUT2D eigenvalue weighted by molar-refractivity contribution is 7.99. The first-order chi connectivity index (χ1) is 9.99. The van der Waals surface area contributed by atoms with E-state index in [-0.39, 0.29) is 12.0 Å². The summed E-state index contributed by atoms with van der Waals surface area (Å²) in [4.78, 5) is 20.8. The SMILES string of the molecule is CCCNC(CSc1nc(C)c(C)c(C)n1)C(=O)OCC. The summed E-state index contributed by atoms with van der Waals surface area (Å²) in [5.41, 5.74) is 3.09. The molecule has 0 aromatic carbocycles. The Kier molecular flexibility index (Phi) is 7.67. The van der Waals surface area contributed by atoms with E-state index in [0.29, 0.717) is 17.5 Å². The topological polar surface area (TPSA) is 64.1 Å². The van der Waals surface area contributed by atoms with Gasteiger partial charge in [0.2, 0.25) is 0 Å². The maximum atomic E-state index is 11.9. The van der Waals surface area contributed by atoms with E-state index in [1.807, 2.05) is 27.7 Å². The standard InChI is InChI=1S/C15H25N3O2S/c1-6-8-16-13(14(19)20-7-2)9-21-15-17-11(4)10(3)12(5)18-15/h13,16H,6-9H2,1-5H3. The van der Waals surface area contributed by atoms with E-state index in [1.54, 1.807) is 0 Å². The van der Waals surface area contributed by atoms with Crippen molar-refractivity contribution < 1.29 is 9.53 Å². The molecule has 1 aromatic heterocycles. The Morgan fingerprint density at radius 2 is 1.86 bits per heavy atom. The molecule has 6 heteroatoms. The van der Waals surface area contributed by atoms with Gasteiger partial charge in [-0.3, -0.25) is 4.79 Å². The quantitative estimate of drug-likeness (QED) is 0.452. The summed E-state index contributed by atoms with van der Waals surface area (Å²) < 4.78 is 5.10. The third-order valence-corrected chi connectivity index (χ3v) is 4.14. The molecule has 0 spiro atoms. The van der Waals surface area contributed by atoms with Gasteiger partial charge in [0.15, 0.2) is 5.16 Å². The van der Waals surface area contributed by atoms with Gasteiger partial charge in [0.1, 0.15) is 6.04 Å². The Labute approximate surface area is 131 Å². The van der Waals surface area contributed by atoms with E-state index >= 15 is 0 Å². The molecule has 0 aliphatic carbocycles. The first-order valence-electron chi connectivity index (χ1n) is 7.34. The number of esters is 1. The first-order valence-corrected chi connectivity index (χ1v) is 8.32. The van der Waals surface area contributed by atoms with Gasteiger partial charge in [0.05, 0.1) is 6.61 Å². The second kappa shape index (κ2) is 9.00. The largest absolute Gasteiger partial charge is 0.465 e. The molecule has 0 aliphatic heterocycles. The van der Waals surface area contributed by atoms with Gasteiger partial charge in [-0.2, -0.15) is 0 Å². The van der Waals surface area contributed by atoms with Crippen LogP contribution in [0.25, 0.3) is 0 Å². The van der Waals surface area contributed by atoms with Crippen molar-refractivity contribution in [3.8, 4) is 0 Å². The van der Waals surface area contributed by atoms with E-state index in [4.69, 9.17) is 4.74 Å². The average Bonchev–Trinajstić information content (AvgIpc) is 2.44. The number of carbonyl (C=O) groups is 1. The molecule has 1 heterocycles. The third kappa shape index (κ3) is 5.63. The van der Waals surface area contributed by atoms with Gasteiger partial charge in [0, 0.05) is 17.1 Å². The molecule has 0 radical (unpaired) electrons. The number of nitrogens with zero attached hydrogens (tertiary/aromatic N) is 2. The number of ether oxygens (including phenoxy) is 1. The van der Waals surface area contributed by atoms with Crippen LogP contribution in [0.4, 0.5) is 0 Å². The third-order valence-electron chi connectivity index (χ3n) is 3.20. The van der Waals surface area contributed by atoms with Crippen LogP contribution >= 0.6 is 11.8 Å². The molecular weight excluding hydrogens is 286 g/mol. The van der Waals surface area contributed by atoms with Crippen LogP contribution < -0.4 is 5.32 Å². The fourth-order valence-electron chi connectivity index (χ4n) is 1.74. The van der Waals surface area contributed by atoms with Crippen LogP contribution in [0.15, 0.2) is 5.16 Å². The summed E-state index contributed by atoms with van der Waals surface area (Å²) in [5.74, 6) is 0.361. The predicted molar refractivity (Wildman–Crippen MR) is 85.7 cm³/mol. The van der Waals surface area contributed by atoms with Crippen LogP contribution in [-0.2, 0) is 9.53 Å². The lowest BCUT2D eigenvalue weighted by Crippen LogP contribution is -2.40. The second-order valence-electron chi connectivity index (χ2n) is 4.87. The van der Waals surface area contributed by atoms with Crippen LogP contribution in [-0.4, -0.2) is 40.9 Å².